The Morgan fingerprint density at radius 3 is 2.32 bits per heavy atom. The van der Waals surface area contributed by atoms with Crippen LogP contribution in [0.25, 0.3) is 22.3 Å². The lowest BCUT2D eigenvalue weighted by Crippen LogP contribution is -2.52. The number of hydrogen-bond acceptors (Lipinski definition) is 16. The van der Waals surface area contributed by atoms with Crippen molar-refractivity contribution in [1.29, 1.82) is 0 Å². The van der Waals surface area contributed by atoms with Crippen LogP contribution in [-0.4, -0.2) is 125 Å². The van der Waals surface area contributed by atoms with E-state index in [9.17, 15) is 53.1 Å². The average Bonchev–Trinajstić information content (AvgIpc) is 4.14. The molecule has 7 N–H and O–H groups in total. The lowest BCUT2D eigenvalue weighted by atomic mass is 9.82. The molecule has 0 saturated carbocycles. The van der Waals surface area contributed by atoms with Crippen molar-refractivity contribution in [3.8, 4) is 22.9 Å². The summed E-state index contributed by atoms with van der Waals surface area (Å²) in [5, 5.41) is 27.7. The fourth-order valence-corrected chi connectivity index (χ4v) is 10.1. The summed E-state index contributed by atoms with van der Waals surface area (Å²) in [6.07, 6.45) is 3.91. The molecule has 4 aliphatic heterocycles. The number of hydrogen-bond donors (Lipinski definition) is 7. The van der Waals surface area contributed by atoms with Crippen LogP contribution in [-0.2, 0) is 84.2 Å². The topological polar surface area (TPSA) is 321 Å². The third kappa shape index (κ3) is 11.2. The summed E-state index contributed by atoms with van der Waals surface area (Å²) in [5.74, 6) is -4.13. The van der Waals surface area contributed by atoms with Crippen molar-refractivity contribution in [3.63, 3.8) is 0 Å². The van der Waals surface area contributed by atoms with E-state index < -0.39 is 97.1 Å². The van der Waals surface area contributed by atoms with Crippen molar-refractivity contribution in [2.45, 2.75) is 102 Å². The van der Waals surface area contributed by atoms with Gasteiger partial charge in [-0.2, -0.15) is 0 Å². The summed E-state index contributed by atoms with van der Waals surface area (Å²) in [5.41, 5.74) is 2.18. The molecule has 24 nitrogen and oxygen atoms in total. The van der Waals surface area contributed by atoms with Gasteiger partial charge in [0.05, 0.1) is 54.7 Å². The number of aryl methyl sites for hydroxylation is 1. The van der Waals surface area contributed by atoms with Crippen molar-refractivity contribution < 1.29 is 67.2 Å². The molecule has 0 fully saturated rings. The maximum atomic E-state index is 14.1. The zero-order chi connectivity index (χ0) is 54.5. The largest absolute Gasteiger partial charge is 0.458 e. The number of fused-ring (bicyclic) bond motifs is 7. The highest BCUT2D eigenvalue weighted by Gasteiger charge is 2.46. The van der Waals surface area contributed by atoms with Crippen LogP contribution < -0.4 is 46.9 Å². The standard InChI is InChI=1S/C53H57N9O15/c1-3-53(73)33-19-37-47-31(24-62(37)51(71)32(33)25-74-52(53)72)46-34(14-13-30-45(46)35(59-47)20-38-48(30)77-27-76-38)60-49(69)28(2)75-26-57-41(65)22-56-50(70)36(18-29-10-6-4-7-11-29)58-42(66)23-55-40(64)21-54-39(63)12-8-5-9-17-61-43(67)15-16-44(61)68/h4,6-7,10-11,15-16,19-20,28,34,36,73H,3,5,8-9,12-14,17-18,21-27H2,1-2H3,(H,54,63)(H,55,64)(H,56,70)(H,57,65)(H,58,66)(H,60,69)/t28-,34+,36+,53+/m1/s1. The summed E-state index contributed by atoms with van der Waals surface area (Å²) in [4.78, 5) is 134. The van der Waals surface area contributed by atoms with Crippen molar-refractivity contribution in [2.75, 3.05) is 39.7 Å². The van der Waals surface area contributed by atoms with E-state index >= 15 is 0 Å². The summed E-state index contributed by atoms with van der Waals surface area (Å²) in [7, 11) is 0. The fraction of sp³-hybridized carbons (Fsp3) is 0.415. The second kappa shape index (κ2) is 22.8. The minimum Gasteiger partial charge on any atom is -0.458 e. The second-order valence-electron chi connectivity index (χ2n) is 19.1. The molecule has 8 amide bonds. The average molecular weight is 1060 g/mol. The van der Waals surface area contributed by atoms with E-state index in [0.717, 1.165) is 15.8 Å². The van der Waals surface area contributed by atoms with Crippen LogP contribution in [0.3, 0.4) is 0 Å². The van der Waals surface area contributed by atoms with Crippen molar-refractivity contribution in [1.82, 2.24) is 46.4 Å². The Morgan fingerprint density at radius 2 is 1.56 bits per heavy atom. The predicted molar refractivity (Wildman–Crippen MR) is 269 cm³/mol. The van der Waals surface area contributed by atoms with Gasteiger partial charge < -0.3 is 60.5 Å². The Morgan fingerprint density at radius 1 is 0.831 bits per heavy atom. The third-order valence-corrected chi connectivity index (χ3v) is 14.2. The highest BCUT2D eigenvalue weighted by Crippen LogP contribution is 2.50. The Labute approximate surface area is 439 Å². The number of esters is 1. The molecule has 0 bridgehead atoms. The zero-order valence-electron chi connectivity index (χ0n) is 42.2. The van der Waals surface area contributed by atoms with Gasteiger partial charge in [-0.3, -0.25) is 48.1 Å². The van der Waals surface area contributed by atoms with Gasteiger partial charge in [-0.05, 0) is 56.2 Å². The molecule has 2 aromatic carbocycles. The summed E-state index contributed by atoms with van der Waals surface area (Å²) < 4.78 is 24.2. The van der Waals surface area contributed by atoms with Crippen molar-refractivity contribution in [3.05, 3.63) is 98.4 Å². The third-order valence-electron chi connectivity index (χ3n) is 14.2. The van der Waals surface area contributed by atoms with Crippen LogP contribution >= 0.6 is 0 Å². The van der Waals surface area contributed by atoms with Crippen LogP contribution in [0.1, 0.15) is 91.8 Å². The highest BCUT2D eigenvalue weighted by atomic mass is 16.7. The first-order valence-electron chi connectivity index (χ1n) is 25.4. The molecule has 24 heteroatoms. The summed E-state index contributed by atoms with van der Waals surface area (Å²) in [6.45, 7) is 1.34. The molecule has 0 spiro atoms. The number of nitrogens with one attached hydrogen (secondary N) is 6. The molecule has 1 aliphatic carbocycles. The van der Waals surface area contributed by atoms with Crippen LogP contribution in [0, 0.1) is 0 Å². The van der Waals surface area contributed by atoms with E-state index in [4.69, 9.17) is 23.9 Å². The lowest BCUT2D eigenvalue weighted by Gasteiger charge is -2.31. The minimum atomic E-state index is -2.03. The SMILES string of the molecule is CC[C@@]1(O)C(=O)OCc2c1cc1n(c2=O)Cc2c-1nc1cc3c(c4c1c2[C@@H](NC(=O)[C@@H](C)OCNC(=O)CNC(=O)[C@H](Cc1ccccc1)NC(=O)CNC(=O)CNC(=O)CCCCCN1C(=O)C=CC1=O)CC4)OCO3. The number of imide groups is 1. The predicted octanol–water partition coefficient (Wildman–Crippen LogP) is -0.0479. The highest BCUT2D eigenvalue weighted by molar-refractivity contribution is 6.12. The maximum absolute atomic E-state index is 14.1. The number of unbranched alkanes of at least 4 members (excludes halogenated alkanes) is 2. The van der Waals surface area contributed by atoms with E-state index in [2.05, 4.69) is 31.9 Å². The van der Waals surface area contributed by atoms with Gasteiger partial charge in [0, 0.05) is 59.7 Å². The molecule has 0 unspecified atom stereocenters. The van der Waals surface area contributed by atoms with Gasteiger partial charge in [-0.25, -0.2) is 9.78 Å². The van der Waals surface area contributed by atoms with Crippen LogP contribution in [0.15, 0.2) is 59.4 Å². The first kappa shape index (κ1) is 53.3. The van der Waals surface area contributed by atoms with E-state index in [1.165, 1.54) is 23.6 Å². The Bertz CT molecular complexity index is 3180. The van der Waals surface area contributed by atoms with Crippen LogP contribution in [0.5, 0.6) is 11.5 Å². The molecule has 0 radical (unpaired) electrons. The molecule has 0 saturated heterocycles. The van der Waals surface area contributed by atoms with Crippen molar-refractivity contribution in [2.24, 2.45) is 0 Å². The summed E-state index contributed by atoms with van der Waals surface area (Å²) in [6, 6.07) is 10.4. The van der Waals surface area contributed by atoms with E-state index in [0.29, 0.717) is 77.2 Å². The number of ether oxygens (including phenoxy) is 4. The number of rotatable bonds is 22. The van der Waals surface area contributed by atoms with Gasteiger partial charge in [0.2, 0.25) is 42.2 Å². The Hall–Kier alpha value is -8.51. The minimum absolute atomic E-state index is 0.0178. The number of cyclic esters (lactones) is 1. The molecular weight excluding hydrogens is 1000 g/mol. The monoisotopic (exact) mass is 1060 g/mol. The number of benzene rings is 2. The normalized spacial score (nSPS) is 18.1. The molecule has 6 heterocycles. The van der Waals surface area contributed by atoms with E-state index in [1.807, 2.05) is 0 Å². The number of carbonyl (C=O) groups is 9. The van der Waals surface area contributed by atoms with Gasteiger partial charge in [0.15, 0.2) is 17.1 Å². The van der Waals surface area contributed by atoms with Gasteiger partial charge in [-0.15, -0.1) is 0 Å². The lowest BCUT2D eigenvalue weighted by molar-refractivity contribution is -0.172. The smallest absolute Gasteiger partial charge is 0.343 e. The number of aliphatic hydroxyl groups is 1. The number of nitrogens with zero attached hydrogens (tertiary/aromatic N) is 3. The number of carbonyl (C=O) groups excluding carboxylic acids is 9. The first-order valence-corrected chi connectivity index (χ1v) is 25.4. The maximum Gasteiger partial charge on any atom is 0.343 e. The molecule has 2 aromatic heterocycles. The number of pyridine rings is 2. The summed E-state index contributed by atoms with van der Waals surface area (Å²) >= 11 is 0. The van der Waals surface area contributed by atoms with Crippen LogP contribution in [0.4, 0.5) is 0 Å². The van der Waals surface area contributed by atoms with Crippen molar-refractivity contribution >= 4 is 64.1 Å². The van der Waals surface area contributed by atoms with Gasteiger partial charge in [-0.1, -0.05) is 43.7 Å². The van der Waals surface area contributed by atoms with Gasteiger partial charge in [0.25, 0.3) is 17.4 Å². The second-order valence-corrected chi connectivity index (χ2v) is 19.1. The number of aromatic nitrogens is 2. The molecule has 9 rings (SSSR count). The molecule has 5 aliphatic rings. The van der Waals surface area contributed by atoms with Crippen LogP contribution in [0.2, 0.25) is 0 Å². The molecule has 404 valence electrons. The van der Waals surface area contributed by atoms with Gasteiger partial charge in [0.1, 0.15) is 25.5 Å². The quantitative estimate of drug-likeness (QED) is 0.0207. The fourth-order valence-electron chi connectivity index (χ4n) is 10.1. The molecule has 77 heavy (non-hydrogen) atoms. The molecule has 4 atom stereocenters. The van der Waals surface area contributed by atoms with E-state index in [-0.39, 0.29) is 68.7 Å². The molecule has 4 aromatic rings. The Kier molecular flexibility index (Phi) is 15.8. The van der Waals surface area contributed by atoms with E-state index in [1.54, 1.807) is 49.4 Å². The Balaban J connectivity index is 0.762. The zero-order valence-corrected chi connectivity index (χ0v) is 42.2. The molecular formula is C53H57N9O15. The first-order chi connectivity index (χ1) is 37.0. The number of amides is 8. The van der Waals surface area contributed by atoms with Gasteiger partial charge >= 0.3 is 5.97 Å².